The normalized spacial score (nSPS) is 28.3. The second kappa shape index (κ2) is 3.25. The zero-order chi connectivity index (χ0) is 8.32. The summed E-state index contributed by atoms with van der Waals surface area (Å²) in [5, 5.41) is 3.23. The summed E-state index contributed by atoms with van der Waals surface area (Å²) in [6.07, 6.45) is 6.17. The highest BCUT2D eigenvalue weighted by molar-refractivity contribution is 4.91. The molecule has 1 saturated heterocycles. The third kappa shape index (κ3) is 2.53. The molecule has 0 saturated carbocycles. The molecule has 1 rings (SSSR count). The van der Waals surface area contributed by atoms with Crippen molar-refractivity contribution in [3.63, 3.8) is 0 Å². The van der Waals surface area contributed by atoms with Crippen LogP contribution in [0.4, 0.5) is 0 Å². The lowest BCUT2D eigenvalue weighted by atomic mass is 10.0. The van der Waals surface area contributed by atoms with Crippen molar-refractivity contribution in [1.82, 2.24) is 5.32 Å². The van der Waals surface area contributed by atoms with Crippen molar-refractivity contribution < 1.29 is 4.74 Å². The predicted molar refractivity (Wildman–Crippen MR) is 45.3 cm³/mol. The van der Waals surface area contributed by atoms with Crippen molar-refractivity contribution in [2.75, 3.05) is 13.2 Å². The van der Waals surface area contributed by atoms with E-state index < -0.39 is 0 Å². The number of terminal acetylenes is 1. The molecule has 1 heterocycles. The van der Waals surface area contributed by atoms with Gasteiger partial charge in [0.2, 0.25) is 0 Å². The Bertz CT molecular complexity index is 169. The molecule has 1 fully saturated rings. The summed E-state index contributed by atoms with van der Waals surface area (Å²) < 4.78 is 5.52. The summed E-state index contributed by atoms with van der Waals surface area (Å²) in [5.74, 6) is 2.56. The molecule has 0 bridgehead atoms. The number of rotatable bonds is 2. The van der Waals surface area contributed by atoms with E-state index in [1.807, 2.05) is 0 Å². The van der Waals surface area contributed by atoms with Crippen LogP contribution >= 0.6 is 0 Å². The molecule has 2 nitrogen and oxygen atoms in total. The van der Waals surface area contributed by atoms with E-state index in [2.05, 4.69) is 25.1 Å². The van der Waals surface area contributed by atoms with Gasteiger partial charge in [0, 0.05) is 6.04 Å². The van der Waals surface area contributed by atoms with Gasteiger partial charge in [-0.05, 0) is 20.3 Å². The van der Waals surface area contributed by atoms with Crippen LogP contribution in [0.3, 0.4) is 0 Å². The van der Waals surface area contributed by atoms with E-state index in [9.17, 15) is 0 Å². The molecule has 1 atom stereocenters. The molecule has 11 heavy (non-hydrogen) atoms. The van der Waals surface area contributed by atoms with Gasteiger partial charge in [0.05, 0.1) is 18.8 Å². The molecule has 62 valence electrons. The van der Waals surface area contributed by atoms with E-state index in [0.717, 1.165) is 13.0 Å². The van der Waals surface area contributed by atoms with Gasteiger partial charge in [0.1, 0.15) is 0 Å². The fraction of sp³-hybridized carbons (Fsp3) is 0.778. The average molecular weight is 153 g/mol. The lowest BCUT2D eigenvalue weighted by Gasteiger charge is -2.15. The van der Waals surface area contributed by atoms with Crippen LogP contribution in [-0.2, 0) is 4.74 Å². The number of hydrogen-bond donors (Lipinski definition) is 1. The van der Waals surface area contributed by atoms with Crippen LogP contribution in [0.5, 0.6) is 0 Å². The van der Waals surface area contributed by atoms with Crippen molar-refractivity contribution in [1.29, 1.82) is 0 Å². The summed E-state index contributed by atoms with van der Waals surface area (Å²) in [5.41, 5.74) is 0.0340. The third-order valence-electron chi connectivity index (χ3n) is 1.91. The van der Waals surface area contributed by atoms with Gasteiger partial charge >= 0.3 is 0 Å². The summed E-state index contributed by atoms with van der Waals surface area (Å²) in [7, 11) is 0. The Hall–Kier alpha value is -0.520. The SMILES string of the molecule is C#CCNC1COC(C)(C)C1. The maximum atomic E-state index is 5.52. The topological polar surface area (TPSA) is 21.3 Å². The Morgan fingerprint density at radius 3 is 2.91 bits per heavy atom. The summed E-state index contributed by atoms with van der Waals surface area (Å²) >= 11 is 0. The van der Waals surface area contributed by atoms with Crippen LogP contribution in [0.1, 0.15) is 20.3 Å². The molecular formula is C9H15NO. The monoisotopic (exact) mass is 153 g/mol. The van der Waals surface area contributed by atoms with Crippen LogP contribution in [0.15, 0.2) is 0 Å². The maximum absolute atomic E-state index is 5.52. The zero-order valence-electron chi connectivity index (χ0n) is 7.18. The van der Waals surface area contributed by atoms with Crippen LogP contribution in [0.2, 0.25) is 0 Å². The predicted octanol–water partition coefficient (Wildman–Crippen LogP) is 0.777. The van der Waals surface area contributed by atoms with Gasteiger partial charge in [-0.15, -0.1) is 6.42 Å². The molecule has 2 heteroatoms. The lowest BCUT2D eigenvalue weighted by Crippen LogP contribution is -2.30. The van der Waals surface area contributed by atoms with E-state index in [4.69, 9.17) is 11.2 Å². The minimum Gasteiger partial charge on any atom is -0.374 e. The van der Waals surface area contributed by atoms with Gasteiger partial charge < -0.3 is 10.1 Å². The van der Waals surface area contributed by atoms with E-state index in [0.29, 0.717) is 12.6 Å². The smallest absolute Gasteiger partial charge is 0.0643 e. The zero-order valence-corrected chi connectivity index (χ0v) is 7.18. The van der Waals surface area contributed by atoms with Gasteiger partial charge in [-0.1, -0.05) is 5.92 Å². The maximum Gasteiger partial charge on any atom is 0.0643 e. The lowest BCUT2D eigenvalue weighted by molar-refractivity contribution is 0.0357. The molecule has 1 aliphatic rings. The van der Waals surface area contributed by atoms with E-state index >= 15 is 0 Å². The van der Waals surface area contributed by atoms with Gasteiger partial charge in [-0.3, -0.25) is 0 Å². The molecule has 0 spiro atoms. The second-order valence-corrected chi connectivity index (χ2v) is 3.56. The minimum absolute atomic E-state index is 0.0340. The second-order valence-electron chi connectivity index (χ2n) is 3.56. The summed E-state index contributed by atoms with van der Waals surface area (Å²) in [6.45, 7) is 5.63. The minimum atomic E-state index is 0.0340. The van der Waals surface area contributed by atoms with Gasteiger partial charge in [-0.2, -0.15) is 0 Å². The highest BCUT2D eigenvalue weighted by Gasteiger charge is 2.31. The van der Waals surface area contributed by atoms with E-state index in [-0.39, 0.29) is 5.60 Å². The molecule has 1 N–H and O–H groups in total. The largest absolute Gasteiger partial charge is 0.374 e. The Morgan fingerprint density at radius 1 is 1.73 bits per heavy atom. The van der Waals surface area contributed by atoms with Crippen LogP contribution in [-0.4, -0.2) is 24.8 Å². The Labute approximate surface area is 68.3 Å². The molecule has 0 aromatic carbocycles. The van der Waals surface area contributed by atoms with Gasteiger partial charge in [-0.25, -0.2) is 0 Å². The van der Waals surface area contributed by atoms with E-state index in [1.54, 1.807) is 0 Å². The average Bonchev–Trinajstić information content (AvgIpc) is 2.26. The summed E-state index contributed by atoms with van der Waals surface area (Å²) in [4.78, 5) is 0. The molecule has 0 amide bonds. The summed E-state index contributed by atoms with van der Waals surface area (Å²) in [6, 6.07) is 0.445. The molecule has 0 aliphatic carbocycles. The fourth-order valence-corrected chi connectivity index (χ4v) is 1.37. The standard InChI is InChI=1S/C9H15NO/c1-4-5-10-8-6-9(2,3)11-7-8/h1,8,10H,5-7H2,2-3H3. The van der Waals surface area contributed by atoms with Crippen molar-refractivity contribution in [3.8, 4) is 12.3 Å². The Kier molecular flexibility index (Phi) is 2.53. The first-order valence-corrected chi connectivity index (χ1v) is 3.95. The molecule has 0 aromatic rings. The first-order valence-electron chi connectivity index (χ1n) is 3.95. The van der Waals surface area contributed by atoms with Crippen LogP contribution in [0, 0.1) is 12.3 Å². The van der Waals surface area contributed by atoms with Gasteiger partial charge in [0.25, 0.3) is 0 Å². The quantitative estimate of drug-likeness (QED) is 0.592. The van der Waals surface area contributed by atoms with Crippen molar-refractivity contribution >= 4 is 0 Å². The molecule has 0 aromatic heterocycles. The van der Waals surface area contributed by atoms with Crippen LogP contribution in [0.25, 0.3) is 0 Å². The highest BCUT2D eigenvalue weighted by atomic mass is 16.5. The van der Waals surface area contributed by atoms with Crippen LogP contribution < -0.4 is 5.32 Å². The van der Waals surface area contributed by atoms with Crippen molar-refractivity contribution in [2.45, 2.75) is 31.9 Å². The Balaban J connectivity index is 2.26. The van der Waals surface area contributed by atoms with Crippen molar-refractivity contribution in [2.24, 2.45) is 0 Å². The fourth-order valence-electron chi connectivity index (χ4n) is 1.37. The molecule has 1 unspecified atom stereocenters. The van der Waals surface area contributed by atoms with Crippen molar-refractivity contribution in [3.05, 3.63) is 0 Å². The van der Waals surface area contributed by atoms with Gasteiger partial charge in [0.15, 0.2) is 0 Å². The number of nitrogens with one attached hydrogen (secondary N) is 1. The molecule has 0 radical (unpaired) electrons. The third-order valence-corrected chi connectivity index (χ3v) is 1.91. The first kappa shape index (κ1) is 8.58. The van der Waals surface area contributed by atoms with E-state index in [1.165, 1.54) is 0 Å². The highest BCUT2D eigenvalue weighted by Crippen LogP contribution is 2.23. The Morgan fingerprint density at radius 2 is 2.45 bits per heavy atom. The molecule has 1 aliphatic heterocycles. The number of hydrogen-bond acceptors (Lipinski definition) is 2. The first-order chi connectivity index (χ1) is 5.14. The number of ether oxygens (including phenoxy) is 1. The molecular weight excluding hydrogens is 138 g/mol.